The molecule has 1 atom stereocenters. The van der Waals surface area contributed by atoms with Gasteiger partial charge in [0, 0.05) is 26.3 Å². The summed E-state index contributed by atoms with van der Waals surface area (Å²) in [5, 5.41) is 9.94. The van der Waals surface area contributed by atoms with Gasteiger partial charge in [0.05, 0.1) is 5.69 Å². The summed E-state index contributed by atoms with van der Waals surface area (Å²) < 4.78 is 12.9. The zero-order chi connectivity index (χ0) is 10.8. The van der Waals surface area contributed by atoms with Crippen LogP contribution in [0.1, 0.15) is 12.1 Å². The maximum absolute atomic E-state index is 11.1. The molecule has 7 heteroatoms. The summed E-state index contributed by atoms with van der Waals surface area (Å²) in [5.41, 5.74) is 6.64. The van der Waals surface area contributed by atoms with Gasteiger partial charge in [-0.1, -0.05) is 0 Å². The van der Waals surface area contributed by atoms with Crippen molar-refractivity contribution in [2.24, 2.45) is 10.9 Å². The summed E-state index contributed by atoms with van der Waals surface area (Å²) in [6.45, 7) is 3.09. The molecule has 2 heterocycles. The quantitative estimate of drug-likeness (QED) is 0.679. The Bertz CT molecular complexity index is 377. The summed E-state index contributed by atoms with van der Waals surface area (Å²) >= 11 is 0. The lowest BCUT2D eigenvalue weighted by Gasteiger charge is -2.15. The van der Waals surface area contributed by atoms with Crippen LogP contribution in [0, 0.1) is 0 Å². The molecule has 4 N–H and O–H groups in total. The molecule has 6 nitrogen and oxygen atoms in total. The normalized spacial score (nSPS) is 19.6. The molecule has 1 aliphatic heterocycles. The van der Waals surface area contributed by atoms with Gasteiger partial charge in [-0.05, 0) is 12.5 Å². The predicted molar refractivity (Wildman–Crippen MR) is 56.9 cm³/mol. The van der Waals surface area contributed by atoms with E-state index in [0.717, 1.165) is 31.7 Å². The van der Waals surface area contributed by atoms with Crippen LogP contribution in [0.25, 0.3) is 0 Å². The number of aromatic nitrogens is 2. The molecule has 1 aliphatic rings. The number of fused-ring (bicyclic) bond motifs is 1. The van der Waals surface area contributed by atoms with E-state index in [2.05, 4.69) is 10.00 Å². The van der Waals surface area contributed by atoms with Crippen molar-refractivity contribution in [3.8, 4) is 0 Å². The van der Waals surface area contributed by atoms with Gasteiger partial charge in [0.25, 0.3) is 0 Å². The first-order chi connectivity index (χ1) is 7.20. The molecule has 84 valence electrons. The van der Waals surface area contributed by atoms with Crippen molar-refractivity contribution in [2.75, 3.05) is 13.2 Å². The number of rotatable bonds is 2. The van der Waals surface area contributed by atoms with Crippen molar-refractivity contribution in [1.82, 2.24) is 14.7 Å². The summed E-state index contributed by atoms with van der Waals surface area (Å²) in [5.74, 6) is 0. The summed E-state index contributed by atoms with van der Waals surface area (Å²) in [6.07, 6.45) is 1.00. The predicted octanol–water partition coefficient (Wildman–Crippen LogP) is -1.01. The van der Waals surface area contributed by atoms with Crippen LogP contribution in [0.5, 0.6) is 0 Å². The molecule has 15 heavy (non-hydrogen) atoms. The van der Waals surface area contributed by atoms with E-state index in [1.54, 1.807) is 6.07 Å². The molecule has 0 bridgehead atoms. The third-order valence-corrected chi connectivity index (χ3v) is 3.15. The van der Waals surface area contributed by atoms with Gasteiger partial charge in [-0.15, -0.1) is 0 Å². The average Bonchev–Trinajstić information content (AvgIpc) is 2.51. The van der Waals surface area contributed by atoms with Gasteiger partial charge in [-0.25, -0.2) is 9.35 Å². The number of hydrogen-bond donors (Lipinski definition) is 2. The van der Waals surface area contributed by atoms with Gasteiger partial charge in [0.15, 0.2) is 5.03 Å². The smallest absolute Gasteiger partial charge is 0.164 e. The van der Waals surface area contributed by atoms with E-state index in [4.69, 9.17) is 10.9 Å². The summed E-state index contributed by atoms with van der Waals surface area (Å²) in [7, 11) is -1.49. The van der Waals surface area contributed by atoms with E-state index >= 15 is 0 Å². The van der Waals surface area contributed by atoms with E-state index < -0.39 is 11.0 Å². The van der Waals surface area contributed by atoms with Crippen LogP contribution in [0.3, 0.4) is 0 Å². The molecule has 1 aromatic rings. The lowest BCUT2D eigenvalue weighted by molar-refractivity contribution is 0.277. The minimum absolute atomic E-state index is 0.448. The van der Waals surface area contributed by atoms with Crippen LogP contribution in [0.4, 0.5) is 0 Å². The Labute approximate surface area is 90.8 Å². The highest BCUT2D eigenvalue weighted by atomic mass is 32.2. The third-order valence-electron chi connectivity index (χ3n) is 2.54. The Morgan fingerprint density at radius 1 is 1.53 bits per heavy atom. The van der Waals surface area contributed by atoms with E-state index in [0.29, 0.717) is 11.7 Å². The molecule has 0 aromatic carbocycles. The zero-order valence-electron chi connectivity index (χ0n) is 8.43. The van der Waals surface area contributed by atoms with Crippen molar-refractivity contribution in [2.45, 2.75) is 24.5 Å². The summed E-state index contributed by atoms with van der Waals surface area (Å²) in [4.78, 5) is 2.13. The fourth-order valence-corrected chi connectivity index (χ4v) is 2.19. The lowest BCUT2D eigenvalue weighted by atomic mass is 10.4. The van der Waals surface area contributed by atoms with Gasteiger partial charge in [0.2, 0.25) is 0 Å². The van der Waals surface area contributed by atoms with Gasteiger partial charge in [-0.2, -0.15) is 5.10 Å². The third kappa shape index (κ3) is 2.25. The molecule has 0 radical (unpaired) electrons. The molecule has 0 aliphatic carbocycles. The maximum atomic E-state index is 11.1. The first kappa shape index (κ1) is 10.7. The molecule has 0 fully saturated rings. The fraction of sp³-hybridized carbons (Fsp3) is 0.625. The van der Waals surface area contributed by atoms with Crippen LogP contribution in [-0.2, 0) is 24.1 Å². The Morgan fingerprint density at radius 2 is 2.33 bits per heavy atom. The minimum atomic E-state index is -1.49. The number of nitrogens with zero attached hydrogens (tertiary/aromatic N) is 3. The highest BCUT2D eigenvalue weighted by Gasteiger charge is 2.16. The monoisotopic (exact) mass is 229 g/mol. The second-order valence-electron chi connectivity index (χ2n) is 3.58. The second-order valence-corrected chi connectivity index (χ2v) is 4.60. The Kier molecular flexibility index (Phi) is 3.15. The van der Waals surface area contributed by atoms with Crippen LogP contribution in [0.2, 0.25) is 0 Å². The SMILES string of the molecule is NCN1CCCn2nc(S(N)=O)cc2C1. The largest absolute Gasteiger partial charge is 0.318 e. The molecule has 0 spiro atoms. The second kappa shape index (κ2) is 4.40. The molecule has 0 saturated heterocycles. The maximum Gasteiger partial charge on any atom is 0.164 e. The highest BCUT2D eigenvalue weighted by molar-refractivity contribution is 7.82. The van der Waals surface area contributed by atoms with Crippen molar-refractivity contribution in [3.05, 3.63) is 11.8 Å². The van der Waals surface area contributed by atoms with Crippen LogP contribution in [0.15, 0.2) is 11.1 Å². The van der Waals surface area contributed by atoms with E-state index in [1.165, 1.54) is 0 Å². The first-order valence-corrected chi connectivity index (χ1v) is 6.07. The van der Waals surface area contributed by atoms with E-state index in [1.807, 2.05) is 4.68 Å². The molecule has 1 aromatic heterocycles. The molecule has 1 unspecified atom stereocenters. The van der Waals surface area contributed by atoms with Gasteiger partial charge >= 0.3 is 0 Å². The van der Waals surface area contributed by atoms with Gasteiger partial charge < -0.3 is 5.73 Å². The van der Waals surface area contributed by atoms with Crippen molar-refractivity contribution in [1.29, 1.82) is 0 Å². The van der Waals surface area contributed by atoms with Crippen molar-refractivity contribution < 1.29 is 4.21 Å². The summed E-state index contributed by atoms with van der Waals surface area (Å²) in [6, 6.07) is 1.80. The molecule has 2 rings (SSSR count). The molecular formula is C8H15N5OS. The zero-order valence-corrected chi connectivity index (χ0v) is 9.24. The van der Waals surface area contributed by atoms with Crippen LogP contribution in [-0.4, -0.2) is 32.1 Å². The van der Waals surface area contributed by atoms with Gasteiger partial charge in [-0.3, -0.25) is 9.58 Å². The Morgan fingerprint density at radius 3 is 3.00 bits per heavy atom. The van der Waals surface area contributed by atoms with Crippen LogP contribution >= 0.6 is 0 Å². The molecule has 0 amide bonds. The average molecular weight is 229 g/mol. The minimum Gasteiger partial charge on any atom is -0.318 e. The molecular weight excluding hydrogens is 214 g/mol. The topological polar surface area (TPSA) is 90.2 Å². The van der Waals surface area contributed by atoms with Crippen molar-refractivity contribution in [3.63, 3.8) is 0 Å². The molecule has 0 saturated carbocycles. The number of aryl methyl sites for hydroxylation is 1. The van der Waals surface area contributed by atoms with Crippen LogP contribution < -0.4 is 10.9 Å². The lowest BCUT2D eigenvalue weighted by Crippen LogP contribution is -2.29. The van der Waals surface area contributed by atoms with E-state index in [-0.39, 0.29) is 0 Å². The van der Waals surface area contributed by atoms with Crippen molar-refractivity contribution >= 4 is 11.0 Å². The Balaban J connectivity index is 2.26. The standard InChI is InChI=1S/C8H15N5OS/c9-6-12-2-1-3-13-7(5-12)4-8(11-13)15(10)14/h4H,1-3,5-6,9-10H2. The number of nitrogens with two attached hydrogens (primary N) is 2. The van der Waals surface area contributed by atoms with Gasteiger partial charge in [0.1, 0.15) is 11.0 Å². The Hall–Kier alpha value is -0.760. The fourth-order valence-electron chi connectivity index (χ4n) is 1.76. The number of hydrogen-bond acceptors (Lipinski definition) is 4. The van der Waals surface area contributed by atoms with E-state index in [9.17, 15) is 4.21 Å². The first-order valence-electron chi connectivity index (χ1n) is 4.86. The highest BCUT2D eigenvalue weighted by Crippen LogP contribution is 2.13.